The molecule has 2 rings (SSSR count). The fourth-order valence-electron chi connectivity index (χ4n) is 1.54. The van der Waals surface area contributed by atoms with Crippen molar-refractivity contribution in [1.29, 1.82) is 0 Å². The second-order valence-corrected chi connectivity index (χ2v) is 4.16. The summed E-state index contributed by atoms with van der Waals surface area (Å²) < 4.78 is 37.9. The van der Waals surface area contributed by atoms with Gasteiger partial charge in [0.1, 0.15) is 0 Å². The third kappa shape index (κ3) is 1.96. The summed E-state index contributed by atoms with van der Waals surface area (Å²) in [7, 11) is 0. The Hall–Kier alpha value is -0.740. The van der Waals surface area contributed by atoms with Gasteiger partial charge in [-0.25, -0.2) is 0 Å². The largest absolute Gasteiger partial charge is 0.416 e. The van der Waals surface area contributed by atoms with Crippen LogP contribution in [0.4, 0.5) is 13.2 Å². The average molecular weight is 237 g/mol. The Morgan fingerprint density at radius 1 is 1.27 bits per heavy atom. The summed E-state index contributed by atoms with van der Waals surface area (Å²) in [5.74, 6) is 0. The van der Waals surface area contributed by atoms with Crippen LogP contribution >= 0.6 is 11.6 Å². The molecular formula is C10H8ClF3O. The van der Waals surface area contributed by atoms with Gasteiger partial charge in [0.25, 0.3) is 0 Å². The zero-order valence-electron chi connectivity index (χ0n) is 7.61. The Kier molecular flexibility index (Phi) is 2.24. The fourth-order valence-corrected chi connectivity index (χ4v) is 1.72. The van der Waals surface area contributed by atoms with Crippen LogP contribution < -0.4 is 0 Å². The van der Waals surface area contributed by atoms with Crippen molar-refractivity contribution in [2.24, 2.45) is 0 Å². The molecular weight excluding hydrogens is 229 g/mol. The monoisotopic (exact) mass is 236 g/mol. The lowest BCUT2D eigenvalue weighted by atomic mass is 10.0. The molecule has 1 aliphatic rings. The van der Waals surface area contributed by atoms with E-state index >= 15 is 0 Å². The number of benzene rings is 1. The lowest BCUT2D eigenvalue weighted by Crippen LogP contribution is -2.15. The van der Waals surface area contributed by atoms with Crippen LogP contribution in [0.2, 0.25) is 5.02 Å². The Bertz CT molecular complexity index is 396. The van der Waals surface area contributed by atoms with Gasteiger partial charge in [0.2, 0.25) is 0 Å². The standard InChI is InChI=1S/C10H8ClF3O/c11-6-1-2-7(9(15)3-4-9)8(5-6)10(12,13)14/h1-2,5,15H,3-4H2. The van der Waals surface area contributed by atoms with Gasteiger partial charge in [-0.3, -0.25) is 0 Å². The lowest BCUT2D eigenvalue weighted by Gasteiger charge is -2.16. The topological polar surface area (TPSA) is 20.2 Å². The molecule has 82 valence electrons. The first kappa shape index (κ1) is 10.8. The van der Waals surface area contributed by atoms with Gasteiger partial charge < -0.3 is 5.11 Å². The van der Waals surface area contributed by atoms with E-state index in [0.717, 1.165) is 6.07 Å². The van der Waals surface area contributed by atoms with Crippen LogP contribution in [-0.2, 0) is 11.8 Å². The molecule has 0 aromatic heterocycles. The van der Waals surface area contributed by atoms with Crippen LogP contribution in [0.3, 0.4) is 0 Å². The number of halogens is 4. The molecule has 0 spiro atoms. The molecule has 0 radical (unpaired) electrons. The first-order valence-electron chi connectivity index (χ1n) is 4.42. The summed E-state index contributed by atoms with van der Waals surface area (Å²) in [6.07, 6.45) is -3.73. The molecule has 0 unspecified atom stereocenters. The minimum Gasteiger partial charge on any atom is -0.385 e. The number of hydrogen-bond donors (Lipinski definition) is 1. The van der Waals surface area contributed by atoms with Gasteiger partial charge in [0.05, 0.1) is 11.2 Å². The van der Waals surface area contributed by atoms with Crippen LogP contribution in [0.15, 0.2) is 18.2 Å². The molecule has 1 N–H and O–H groups in total. The van der Waals surface area contributed by atoms with Gasteiger partial charge in [0.15, 0.2) is 0 Å². The van der Waals surface area contributed by atoms with E-state index in [1.165, 1.54) is 12.1 Å². The normalized spacial score (nSPS) is 19.0. The molecule has 0 saturated heterocycles. The van der Waals surface area contributed by atoms with E-state index in [9.17, 15) is 18.3 Å². The van der Waals surface area contributed by atoms with Crippen molar-refractivity contribution in [1.82, 2.24) is 0 Å². The maximum atomic E-state index is 12.6. The van der Waals surface area contributed by atoms with Gasteiger partial charge >= 0.3 is 6.18 Å². The smallest absolute Gasteiger partial charge is 0.385 e. The maximum absolute atomic E-state index is 12.6. The van der Waals surface area contributed by atoms with Crippen LogP contribution in [0.5, 0.6) is 0 Å². The molecule has 1 saturated carbocycles. The molecule has 0 atom stereocenters. The van der Waals surface area contributed by atoms with Crippen molar-refractivity contribution in [3.05, 3.63) is 34.3 Å². The van der Waals surface area contributed by atoms with E-state index in [4.69, 9.17) is 11.6 Å². The summed E-state index contributed by atoms with van der Waals surface area (Å²) in [5.41, 5.74) is -2.20. The highest BCUT2D eigenvalue weighted by atomic mass is 35.5. The Balaban J connectivity index is 2.55. The summed E-state index contributed by atoms with van der Waals surface area (Å²) in [6, 6.07) is 3.47. The van der Waals surface area contributed by atoms with Crippen molar-refractivity contribution in [3.63, 3.8) is 0 Å². The van der Waals surface area contributed by atoms with Gasteiger partial charge in [-0.2, -0.15) is 13.2 Å². The molecule has 1 aromatic rings. The van der Waals surface area contributed by atoms with Gasteiger partial charge in [0, 0.05) is 5.02 Å². The summed E-state index contributed by atoms with van der Waals surface area (Å²) in [6.45, 7) is 0. The second kappa shape index (κ2) is 3.12. The second-order valence-electron chi connectivity index (χ2n) is 3.72. The molecule has 1 aromatic carbocycles. The van der Waals surface area contributed by atoms with E-state index < -0.39 is 17.3 Å². The quantitative estimate of drug-likeness (QED) is 0.793. The maximum Gasteiger partial charge on any atom is 0.416 e. The molecule has 0 bridgehead atoms. The predicted octanol–water partition coefficient (Wildman–Crippen LogP) is 3.34. The SMILES string of the molecule is OC1(c2ccc(Cl)cc2C(F)(F)F)CC1. The average Bonchev–Trinajstić information content (AvgIpc) is 2.83. The highest BCUT2D eigenvalue weighted by Gasteiger charge is 2.48. The van der Waals surface area contributed by atoms with E-state index in [-0.39, 0.29) is 10.6 Å². The molecule has 1 nitrogen and oxygen atoms in total. The zero-order chi connectivity index (χ0) is 11.3. The highest BCUT2D eigenvalue weighted by Crippen LogP contribution is 2.49. The van der Waals surface area contributed by atoms with Gasteiger partial charge in [-0.15, -0.1) is 0 Å². The Labute approximate surface area is 89.5 Å². The van der Waals surface area contributed by atoms with Crippen LogP contribution in [0.1, 0.15) is 24.0 Å². The first-order valence-corrected chi connectivity index (χ1v) is 4.80. The molecule has 1 fully saturated rings. The number of alkyl halides is 3. The first-order chi connectivity index (χ1) is 6.83. The number of rotatable bonds is 1. The Morgan fingerprint density at radius 3 is 2.33 bits per heavy atom. The molecule has 5 heteroatoms. The van der Waals surface area contributed by atoms with E-state index in [0.29, 0.717) is 12.8 Å². The summed E-state index contributed by atoms with van der Waals surface area (Å²) >= 11 is 5.51. The number of aliphatic hydroxyl groups is 1. The van der Waals surface area contributed by atoms with E-state index in [2.05, 4.69) is 0 Å². The minimum atomic E-state index is -4.47. The molecule has 0 aliphatic heterocycles. The third-order valence-electron chi connectivity index (χ3n) is 2.51. The number of hydrogen-bond acceptors (Lipinski definition) is 1. The van der Waals surface area contributed by atoms with Gasteiger partial charge in [-0.05, 0) is 30.5 Å². The van der Waals surface area contributed by atoms with Crippen LogP contribution in [0, 0.1) is 0 Å². The molecule has 15 heavy (non-hydrogen) atoms. The molecule has 0 heterocycles. The molecule has 1 aliphatic carbocycles. The summed E-state index contributed by atoms with van der Waals surface area (Å²) in [5, 5.41) is 9.72. The van der Waals surface area contributed by atoms with E-state index in [1.54, 1.807) is 0 Å². The lowest BCUT2D eigenvalue weighted by molar-refractivity contribution is -0.139. The van der Waals surface area contributed by atoms with Crippen molar-refractivity contribution in [2.75, 3.05) is 0 Å². The Morgan fingerprint density at radius 2 is 1.87 bits per heavy atom. The van der Waals surface area contributed by atoms with Crippen molar-refractivity contribution < 1.29 is 18.3 Å². The predicted molar refractivity (Wildman–Crippen MR) is 49.6 cm³/mol. The molecule has 0 amide bonds. The van der Waals surface area contributed by atoms with E-state index in [1.807, 2.05) is 0 Å². The minimum absolute atomic E-state index is 0.0234. The van der Waals surface area contributed by atoms with Gasteiger partial charge in [-0.1, -0.05) is 17.7 Å². The third-order valence-corrected chi connectivity index (χ3v) is 2.75. The van der Waals surface area contributed by atoms with Crippen molar-refractivity contribution in [2.45, 2.75) is 24.6 Å². The van der Waals surface area contributed by atoms with Crippen molar-refractivity contribution >= 4 is 11.6 Å². The van der Waals surface area contributed by atoms with Crippen LogP contribution in [0.25, 0.3) is 0 Å². The van der Waals surface area contributed by atoms with Crippen molar-refractivity contribution in [3.8, 4) is 0 Å². The zero-order valence-corrected chi connectivity index (χ0v) is 8.36. The summed E-state index contributed by atoms with van der Waals surface area (Å²) in [4.78, 5) is 0. The highest BCUT2D eigenvalue weighted by molar-refractivity contribution is 6.30. The fraction of sp³-hybridized carbons (Fsp3) is 0.400. The van der Waals surface area contributed by atoms with Crippen LogP contribution in [-0.4, -0.2) is 5.11 Å².